The highest BCUT2D eigenvalue weighted by molar-refractivity contribution is 6.33. The molecule has 0 saturated carbocycles. The summed E-state index contributed by atoms with van der Waals surface area (Å²) < 4.78 is 5.42. The smallest absolute Gasteiger partial charge is 0.254 e. The Morgan fingerprint density at radius 3 is 2.78 bits per heavy atom. The number of benzene rings is 2. The zero-order valence-corrected chi connectivity index (χ0v) is 24.0. The molecule has 10 nitrogen and oxygen atoms in total. The minimum Gasteiger partial charge on any atom is -0.394 e. The summed E-state index contributed by atoms with van der Waals surface area (Å²) in [5.74, 6) is -0.102. The summed E-state index contributed by atoms with van der Waals surface area (Å²) in [6.45, 7) is 2.09. The number of aliphatic hydroxyl groups is 1. The van der Waals surface area contributed by atoms with Gasteiger partial charge in [-0.15, -0.1) is 0 Å². The van der Waals surface area contributed by atoms with Crippen LogP contribution in [0.25, 0.3) is 11.3 Å². The molecule has 2 amide bonds. The van der Waals surface area contributed by atoms with Crippen LogP contribution in [0.3, 0.4) is 0 Å². The van der Waals surface area contributed by atoms with E-state index in [0.29, 0.717) is 47.6 Å². The Bertz CT molecular complexity index is 1410. The van der Waals surface area contributed by atoms with Crippen molar-refractivity contribution < 1.29 is 19.4 Å². The van der Waals surface area contributed by atoms with Crippen molar-refractivity contribution in [1.29, 1.82) is 0 Å². The molecule has 0 radical (unpaired) electrons. The fourth-order valence-electron chi connectivity index (χ4n) is 5.22. The Morgan fingerprint density at radius 2 is 2.02 bits per heavy atom. The average Bonchev–Trinajstić information content (AvgIpc) is 3.27. The first-order valence-electron chi connectivity index (χ1n) is 13.7. The predicted octanol–water partition coefficient (Wildman–Crippen LogP) is 3.26. The van der Waals surface area contributed by atoms with Crippen LogP contribution in [-0.2, 0) is 22.6 Å². The van der Waals surface area contributed by atoms with Gasteiger partial charge in [0.25, 0.3) is 5.91 Å². The Labute approximate surface area is 244 Å². The number of nitrogens with one attached hydrogen (secondary N) is 2. The van der Waals surface area contributed by atoms with E-state index in [1.54, 1.807) is 12.3 Å². The van der Waals surface area contributed by atoms with Crippen LogP contribution in [0.15, 0.2) is 48.7 Å². The maximum atomic E-state index is 13.3. The summed E-state index contributed by atoms with van der Waals surface area (Å²) in [4.78, 5) is 38.8. The van der Waals surface area contributed by atoms with Crippen LogP contribution in [0.5, 0.6) is 0 Å². The van der Waals surface area contributed by atoms with Crippen LogP contribution < -0.4 is 10.6 Å². The molecule has 1 aromatic heterocycles. The van der Waals surface area contributed by atoms with Crippen molar-refractivity contribution >= 4 is 29.4 Å². The summed E-state index contributed by atoms with van der Waals surface area (Å²) in [6.07, 6.45) is 3.31. The number of amides is 2. The first kappa shape index (κ1) is 28.9. The standard InChI is InChI=1S/C30H35ClN6O4/c1-36(2)15-19-4-3-5-20(12-19)26(18-38)34-27(39)17-37-16-22-7-6-21(13-24(22)29(37)40)28-25(31)14-32-30(35-28)33-23-8-10-41-11-9-23/h3-7,12-14,23,26,38H,8-11,15-18H2,1-2H3,(H,34,39)(H,32,33,35)/t26-/m1/s1. The number of aromatic nitrogens is 2. The minimum absolute atomic E-state index is 0.121. The fourth-order valence-corrected chi connectivity index (χ4v) is 5.42. The van der Waals surface area contributed by atoms with Gasteiger partial charge in [0.15, 0.2) is 0 Å². The van der Waals surface area contributed by atoms with Gasteiger partial charge in [0.1, 0.15) is 6.54 Å². The van der Waals surface area contributed by atoms with Gasteiger partial charge in [-0.25, -0.2) is 9.97 Å². The van der Waals surface area contributed by atoms with Gasteiger partial charge in [-0.2, -0.15) is 0 Å². The van der Waals surface area contributed by atoms with Gasteiger partial charge in [0.05, 0.1) is 29.6 Å². The molecule has 2 aliphatic heterocycles. The normalized spacial score (nSPS) is 16.1. The second-order valence-electron chi connectivity index (χ2n) is 10.7. The Kier molecular flexibility index (Phi) is 9.14. The van der Waals surface area contributed by atoms with E-state index in [0.717, 1.165) is 36.1 Å². The third kappa shape index (κ3) is 7.02. The number of fused-ring (bicyclic) bond motifs is 1. The lowest BCUT2D eigenvalue weighted by molar-refractivity contribution is -0.122. The molecule has 1 fully saturated rings. The van der Waals surface area contributed by atoms with Gasteiger partial charge in [-0.05, 0) is 49.7 Å². The van der Waals surface area contributed by atoms with Gasteiger partial charge >= 0.3 is 0 Å². The Balaban J connectivity index is 1.25. The van der Waals surface area contributed by atoms with Crippen molar-refractivity contribution in [3.05, 3.63) is 75.9 Å². The highest BCUT2D eigenvalue weighted by Crippen LogP contribution is 2.31. The number of carbonyl (C=O) groups is 2. The summed E-state index contributed by atoms with van der Waals surface area (Å²) >= 11 is 6.46. The van der Waals surface area contributed by atoms with Crippen LogP contribution in [0.2, 0.25) is 5.02 Å². The first-order valence-corrected chi connectivity index (χ1v) is 14.1. The molecule has 216 valence electrons. The lowest BCUT2D eigenvalue weighted by Crippen LogP contribution is -2.40. The van der Waals surface area contributed by atoms with Crippen molar-refractivity contribution in [1.82, 2.24) is 25.1 Å². The molecule has 0 bridgehead atoms. The van der Waals surface area contributed by atoms with E-state index in [9.17, 15) is 14.7 Å². The lowest BCUT2D eigenvalue weighted by atomic mass is 10.0. The summed E-state index contributed by atoms with van der Waals surface area (Å²) in [7, 11) is 3.97. The lowest BCUT2D eigenvalue weighted by Gasteiger charge is -2.23. The molecule has 3 heterocycles. The minimum atomic E-state index is -0.569. The highest BCUT2D eigenvalue weighted by atomic mass is 35.5. The third-order valence-corrected chi connectivity index (χ3v) is 7.54. The molecule has 0 unspecified atom stereocenters. The molecule has 0 spiro atoms. The number of anilines is 1. The summed E-state index contributed by atoms with van der Waals surface area (Å²) in [5.41, 5.74) is 4.46. The first-order chi connectivity index (χ1) is 19.8. The summed E-state index contributed by atoms with van der Waals surface area (Å²) in [5, 5.41) is 16.6. The monoisotopic (exact) mass is 578 g/mol. The second kappa shape index (κ2) is 12.9. The quantitative estimate of drug-likeness (QED) is 0.335. The third-order valence-electron chi connectivity index (χ3n) is 7.27. The van der Waals surface area contributed by atoms with Gasteiger partial charge in [0, 0.05) is 43.5 Å². The molecule has 41 heavy (non-hydrogen) atoms. The molecule has 3 N–H and O–H groups in total. The van der Waals surface area contributed by atoms with E-state index >= 15 is 0 Å². The number of nitrogens with zero attached hydrogens (tertiary/aromatic N) is 4. The summed E-state index contributed by atoms with van der Waals surface area (Å²) in [6, 6.07) is 13.0. The van der Waals surface area contributed by atoms with Gasteiger partial charge in [0.2, 0.25) is 11.9 Å². The van der Waals surface area contributed by atoms with Crippen LogP contribution in [0.1, 0.15) is 45.9 Å². The number of halogens is 1. The number of aliphatic hydroxyl groups excluding tert-OH is 1. The zero-order chi connectivity index (χ0) is 28.9. The van der Waals surface area contributed by atoms with Crippen LogP contribution in [0.4, 0.5) is 5.95 Å². The SMILES string of the molecule is CN(C)Cc1cccc([C@@H](CO)NC(=O)CN2Cc3ccc(-c4nc(NC5CCOCC5)ncc4Cl)cc3C2=O)c1. The molecule has 3 aromatic rings. The van der Waals surface area contributed by atoms with E-state index in [-0.39, 0.29) is 31.0 Å². The van der Waals surface area contributed by atoms with Gasteiger partial charge in [-0.1, -0.05) is 48.0 Å². The molecular weight excluding hydrogens is 544 g/mol. The van der Waals surface area contributed by atoms with Crippen LogP contribution in [0, 0.1) is 0 Å². The zero-order valence-electron chi connectivity index (χ0n) is 23.3. The number of carbonyl (C=O) groups excluding carboxylic acids is 2. The van der Waals surface area contributed by atoms with Crippen molar-refractivity contribution in [3.63, 3.8) is 0 Å². The molecule has 2 aromatic carbocycles. The predicted molar refractivity (Wildman–Crippen MR) is 156 cm³/mol. The fraction of sp³-hybridized carbons (Fsp3) is 0.400. The van der Waals surface area contributed by atoms with E-state index in [1.807, 2.05) is 50.5 Å². The van der Waals surface area contributed by atoms with Crippen molar-refractivity contribution in [2.75, 3.05) is 45.8 Å². The largest absolute Gasteiger partial charge is 0.394 e. The molecular formula is C30H35ClN6O4. The van der Waals surface area contributed by atoms with Crippen LogP contribution in [-0.4, -0.2) is 83.2 Å². The van der Waals surface area contributed by atoms with Crippen molar-refractivity contribution in [2.24, 2.45) is 0 Å². The highest BCUT2D eigenvalue weighted by Gasteiger charge is 2.30. The maximum absolute atomic E-state index is 13.3. The number of hydrogen-bond donors (Lipinski definition) is 3. The molecule has 0 aliphatic carbocycles. The Hall–Kier alpha value is -3.57. The van der Waals surface area contributed by atoms with E-state index in [4.69, 9.17) is 16.3 Å². The van der Waals surface area contributed by atoms with Crippen molar-refractivity contribution in [2.45, 2.75) is 38.0 Å². The van der Waals surface area contributed by atoms with E-state index in [2.05, 4.69) is 25.5 Å². The molecule has 1 atom stereocenters. The van der Waals surface area contributed by atoms with E-state index in [1.165, 1.54) is 4.90 Å². The molecule has 2 aliphatic rings. The Morgan fingerprint density at radius 1 is 1.22 bits per heavy atom. The maximum Gasteiger partial charge on any atom is 0.254 e. The molecule has 11 heteroatoms. The van der Waals surface area contributed by atoms with Crippen LogP contribution >= 0.6 is 11.6 Å². The van der Waals surface area contributed by atoms with Gasteiger partial charge < -0.3 is 30.3 Å². The number of rotatable bonds is 10. The van der Waals surface area contributed by atoms with E-state index < -0.39 is 6.04 Å². The van der Waals surface area contributed by atoms with Gasteiger partial charge in [-0.3, -0.25) is 9.59 Å². The number of hydrogen-bond acceptors (Lipinski definition) is 8. The second-order valence-corrected chi connectivity index (χ2v) is 11.1. The number of ether oxygens (including phenoxy) is 1. The molecule has 5 rings (SSSR count). The average molecular weight is 579 g/mol. The topological polar surface area (TPSA) is 120 Å². The molecule has 1 saturated heterocycles. The van der Waals surface area contributed by atoms with Crippen molar-refractivity contribution in [3.8, 4) is 11.3 Å².